The van der Waals surface area contributed by atoms with E-state index in [9.17, 15) is 18.0 Å². The van der Waals surface area contributed by atoms with Crippen molar-refractivity contribution in [3.63, 3.8) is 0 Å². The van der Waals surface area contributed by atoms with Gasteiger partial charge in [0, 0.05) is 11.6 Å². The summed E-state index contributed by atoms with van der Waals surface area (Å²) in [6.07, 6.45) is 3.24. The lowest BCUT2D eigenvalue weighted by molar-refractivity contribution is 0.0832. The molecule has 0 radical (unpaired) electrons. The molecule has 6 heteroatoms. The molecule has 4 rings (SSSR count). The van der Waals surface area contributed by atoms with Crippen LogP contribution in [-0.4, -0.2) is 23.1 Å². The molecule has 2 bridgehead atoms. The number of benzene rings is 2. The summed E-state index contributed by atoms with van der Waals surface area (Å²) >= 11 is 0. The Hall–Kier alpha value is -2.76. The van der Waals surface area contributed by atoms with E-state index in [1.807, 2.05) is 30.3 Å². The van der Waals surface area contributed by atoms with Gasteiger partial charge in [-0.2, -0.15) is 0 Å². The number of hydrogen-bond acceptors (Lipinski definition) is 2. The van der Waals surface area contributed by atoms with Crippen LogP contribution in [0.1, 0.15) is 30.4 Å². The number of ether oxygens (including phenoxy) is 1. The van der Waals surface area contributed by atoms with Gasteiger partial charge in [0.15, 0.2) is 17.5 Å². The number of amides is 1. The third-order valence-electron chi connectivity index (χ3n) is 5.19. The number of fused-ring (bicyclic) bond motifs is 2. The number of hydrogen-bond donors (Lipinski definition) is 0. The Balaban J connectivity index is 1.51. The van der Waals surface area contributed by atoms with Gasteiger partial charge in [-0.05, 0) is 42.5 Å². The molecule has 2 aliphatic rings. The largest absolute Gasteiger partial charge is 0.445 e. The van der Waals surface area contributed by atoms with Crippen molar-refractivity contribution in [2.75, 3.05) is 0 Å². The van der Waals surface area contributed by atoms with Crippen LogP contribution in [0.4, 0.5) is 18.0 Å². The molecule has 2 atom stereocenters. The van der Waals surface area contributed by atoms with Crippen molar-refractivity contribution in [3.8, 4) is 0 Å². The van der Waals surface area contributed by atoms with Gasteiger partial charge in [-0.25, -0.2) is 18.0 Å². The maximum atomic E-state index is 14.1. The van der Waals surface area contributed by atoms with Crippen molar-refractivity contribution in [3.05, 3.63) is 77.1 Å². The van der Waals surface area contributed by atoms with E-state index in [4.69, 9.17) is 4.74 Å². The quantitative estimate of drug-likeness (QED) is 0.704. The first-order valence-electron chi connectivity index (χ1n) is 8.88. The van der Waals surface area contributed by atoms with Crippen molar-refractivity contribution in [1.82, 2.24) is 4.90 Å². The highest BCUT2D eigenvalue weighted by Crippen LogP contribution is 2.40. The maximum Gasteiger partial charge on any atom is 0.410 e. The lowest BCUT2D eigenvalue weighted by Crippen LogP contribution is -2.43. The SMILES string of the molecule is O=C(OCc1ccccc1)N1C2C=C(c3ccc(F)c(F)c3F)CC1CC2. The Morgan fingerprint density at radius 2 is 1.81 bits per heavy atom. The van der Waals surface area contributed by atoms with Crippen molar-refractivity contribution < 1.29 is 22.7 Å². The van der Waals surface area contributed by atoms with Crippen LogP contribution in [-0.2, 0) is 11.3 Å². The lowest BCUT2D eigenvalue weighted by Gasteiger charge is -2.33. The summed E-state index contributed by atoms with van der Waals surface area (Å²) in [7, 11) is 0. The van der Waals surface area contributed by atoms with Gasteiger partial charge >= 0.3 is 6.09 Å². The second-order valence-corrected chi connectivity index (χ2v) is 6.86. The molecule has 2 aromatic carbocycles. The van der Waals surface area contributed by atoms with Gasteiger partial charge in [0.1, 0.15) is 6.61 Å². The van der Waals surface area contributed by atoms with Crippen LogP contribution in [0.2, 0.25) is 0 Å². The molecule has 2 unspecified atom stereocenters. The average Bonchev–Trinajstić information content (AvgIpc) is 2.95. The summed E-state index contributed by atoms with van der Waals surface area (Å²) in [6, 6.07) is 11.2. The molecule has 140 valence electrons. The van der Waals surface area contributed by atoms with Crippen LogP contribution in [0.15, 0.2) is 48.5 Å². The molecule has 3 nitrogen and oxygen atoms in total. The topological polar surface area (TPSA) is 29.5 Å². The zero-order chi connectivity index (χ0) is 19.0. The van der Waals surface area contributed by atoms with E-state index in [0.717, 1.165) is 24.5 Å². The van der Waals surface area contributed by atoms with Crippen molar-refractivity contribution in [2.24, 2.45) is 0 Å². The summed E-state index contributed by atoms with van der Waals surface area (Å²) in [5.41, 5.74) is 1.56. The van der Waals surface area contributed by atoms with E-state index in [2.05, 4.69) is 0 Å². The van der Waals surface area contributed by atoms with Crippen molar-refractivity contribution in [1.29, 1.82) is 0 Å². The van der Waals surface area contributed by atoms with E-state index in [1.54, 1.807) is 11.0 Å². The van der Waals surface area contributed by atoms with E-state index < -0.39 is 23.5 Å². The molecule has 0 saturated carbocycles. The minimum Gasteiger partial charge on any atom is -0.445 e. The van der Waals surface area contributed by atoms with Crippen molar-refractivity contribution >= 4 is 11.7 Å². The lowest BCUT2D eigenvalue weighted by atomic mass is 9.94. The highest BCUT2D eigenvalue weighted by Gasteiger charge is 2.41. The smallest absolute Gasteiger partial charge is 0.410 e. The van der Waals surface area contributed by atoms with E-state index in [1.165, 1.54) is 6.07 Å². The fraction of sp³-hybridized carbons (Fsp3) is 0.286. The van der Waals surface area contributed by atoms with Crippen LogP contribution in [0.3, 0.4) is 0 Å². The number of nitrogens with zero attached hydrogens (tertiary/aromatic N) is 1. The van der Waals surface area contributed by atoms with Gasteiger partial charge in [0.2, 0.25) is 0 Å². The summed E-state index contributed by atoms with van der Waals surface area (Å²) in [5.74, 6) is -3.85. The van der Waals surface area contributed by atoms with Crippen LogP contribution in [0.5, 0.6) is 0 Å². The molecular formula is C21H18F3NO2. The number of halogens is 3. The third-order valence-corrected chi connectivity index (χ3v) is 5.19. The molecule has 1 fully saturated rings. The number of carbonyl (C=O) groups is 1. The first-order chi connectivity index (χ1) is 13.0. The molecular weight excluding hydrogens is 355 g/mol. The summed E-state index contributed by atoms with van der Waals surface area (Å²) < 4.78 is 46.3. The van der Waals surface area contributed by atoms with Gasteiger partial charge in [0.25, 0.3) is 0 Å². The van der Waals surface area contributed by atoms with Gasteiger partial charge in [0.05, 0.1) is 6.04 Å². The highest BCUT2D eigenvalue weighted by atomic mass is 19.2. The molecule has 2 heterocycles. The first kappa shape index (κ1) is 17.6. The molecule has 2 aromatic rings. The van der Waals surface area contributed by atoms with Crippen LogP contribution in [0.25, 0.3) is 5.57 Å². The standard InChI is InChI=1S/C21H18F3NO2/c22-18-9-8-17(19(23)20(18)24)14-10-15-6-7-16(11-14)25(15)21(26)27-12-13-4-2-1-3-5-13/h1-5,8-10,15-16H,6-7,11-12H2. The van der Waals surface area contributed by atoms with Gasteiger partial charge in [-0.3, -0.25) is 4.90 Å². The number of rotatable bonds is 3. The minimum absolute atomic E-state index is 0.0584. The zero-order valence-electron chi connectivity index (χ0n) is 14.5. The monoisotopic (exact) mass is 373 g/mol. The second-order valence-electron chi connectivity index (χ2n) is 6.86. The van der Waals surface area contributed by atoms with E-state index in [0.29, 0.717) is 12.0 Å². The summed E-state index contributed by atoms with van der Waals surface area (Å²) in [6.45, 7) is 0.185. The Labute approximate surface area is 155 Å². The van der Waals surface area contributed by atoms with Gasteiger partial charge in [-0.15, -0.1) is 0 Å². The maximum absolute atomic E-state index is 14.1. The van der Waals surface area contributed by atoms with Gasteiger partial charge < -0.3 is 4.74 Å². The van der Waals surface area contributed by atoms with Crippen LogP contribution < -0.4 is 0 Å². The molecule has 0 aromatic heterocycles. The van der Waals surface area contributed by atoms with Crippen LogP contribution >= 0.6 is 0 Å². The summed E-state index contributed by atoms with van der Waals surface area (Å²) in [4.78, 5) is 14.2. The molecule has 1 amide bonds. The third kappa shape index (κ3) is 3.31. The molecule has 0 N–H and O–H groups in total. The van der Waals surface area contributed by atoms with Crippen LogP contribution in [0, 0.1) is 17.5 Å². The number of carbonyl (C=O) groups excluding carboxylic acids is 1. The predicted octanol–water partition coefficient (Wildman–Crippen LogP) is 5.06. The van der Waals surface area contributed by atoms with E-state index in [-0.39, 0.29) is 24.3 Å². The predicted molar refractivity (Wildman–Crippen MR) is 94.2 cm³/mol. The Kier molecular flexibility index (Phi) is 4.64. The fourth-order valence-corrected chi connectivity index (χ4v) is 3.88. The second kappa shape index (κ2) is 7.10. The molecule has 2 aliphatic heterocycles. The summed E-state index contributed by atoms with van der Waals surface area (Å²) in [5, 5.41) is 0. The average molecular weight is 373 g/mol. The zero-order valence-corrected chi connectivity index (χ0v) is 14.5. The molecule has 1 saturated heterocycles. The van der Waals surface area contributed by atoms with Gasteiger partial charge in [-0.1, -0.05) is 36.4 Å². The molecule has 0 aliphatic carbocycles. The molecule has 0 spiro atoms. The Morgan fingerprint density at radius 1 is 1.04 bits per heavy atom. The highest BCUT2D eigenvalue weighted by molar-refractivity contribution is 5.75. The Morgan fingerprint density at radius 3 is 2.56 bits per heavy atom. The van der Waals surface area contributed by atoms with E-state index >= 15 is 0 Å². The Bertz CT molecular complexity index is 898. The first-order valence-corrected chi connectivity index (χ1v) is 8.88. The normalized spacial score (nSPS) is 21.1. The fourth-order valence-electron chi connectivity index (χ4n) is 3.88. The molecule has 27 heavy (non-hydrogen) atoms. The van der Waals surface area contributed by atoms with Crippen molar-refractivity contribution in [2.45, 2.75) is 38.0 Å². The minimum atomic E-state index is -1.47.